The average Bonchev–Trinajstić information content (AvgIpc) is 2.51. The van der Waals surface area contributed by atoms with Crippen molar-refractivity contribution >= 4 is 10.9 Å². The van der Waals surface area contributed by atoms with Gasteiger partial charge in [-0.3, -0.25) is 0 Å². The Kier molecular flexibility index (Phi) is 3.98. The lowest BCUT2D eigenvalue weighted by Gasteiger charge is -2.36. The van der Waals surface area contributed by atoms with E-state index in [2.05, 4.69) is 0 Å². The van der Waals surface area contributed by atoms with E-state index in [0.29, 0.717) is 5.52 Å². The van der Waals surface area contributed by atoms with E-state index in [1.165, 1.54) is 0 Å². The molecule has 5 N–H and O–H groups in total. The molecule has 1 saturated heterocycles. The lowest BCUT2D eigenvalue weighted by Crippen LogP contribution is -2.60. The molecular formula is C15H18NO6+. The fourth-order valence-electron chi connectivity index (χ4n) is 2.69. The van der Waals surface area contributed by atoms with Crippen LogP contribution in [0, 0.1) is 0 Å². The highest BCUT2D eigenvalue weighted by atomic mass is 16.6. The summed E-state index contributed by atoms with van der Waals surface area (Å²) in [5.74, 6) is 0.105. The molecule has 0 bridgehead atoms. The number of benzene rings is 1. The number of fused-ring (bicyclic) bond motifs is 1. The van der Waals surface area contributed by atoms with Gasteiger partial charge in [-0.05, 0) is 18.2 Å². The smallest absolute Gasteiger partial charge is 0.216 e. The standard InChI is InChI=1S/C15H17NO6/c17-9-4-3-8-2-1-5-16(10(8)6-9)7-11-12(18)13(19)14(20)15(21)22-11/h1-6,11-15,18-21H,7H2/p+1/t11-,12+,13+,14-,15+/m1/s1. The largest absolute Gasteiger partial charge is 0.508 e. The van der Waals surface area contributed by atoms with E-state index in [1.54, 1.807) is 35.0 Å². The average molecular weight is 308 g/mol. The number of phenols is 1. The molecule has 0 saturated carbocycles. The second kappa shape index (κ2) is 5.79. The van der Waals surface area contributed by atoms with Gasteiger partial charge in [0.2, 0.25) is 5.52 Å². The molecule has 1 aromatic carbocycles. The van der Waals surface area contributed by atoms with Crippen molar-refractivity contribution in [3.05, 3.63) is 36.5 Å². The van der Waals surface area contributed by atoms with E-state index < -0.39 is 30.7 Å². The van der Waals surface area contributed by atoms with E-state index in [4.69, 9.17) is 4.74 Å². The van der Waals surface area contributed by atoms with Crippen LogP contribution in [0.15, 0.2) is 36.5 Å². The SMILES string of the molecule is Oc1ccc2ccc[n+](C[C@H]3O[C@H](O)[C@H](O)[C@@H](O)[C@H]3O)c2c1. The number of phenolic OH excluding ortho intramolecular Hbond substituents is 1. The van der Waals surface area contributed by atoms with Crippen LogP contribution in [-0.4, -0.2) is 56.2 Å². The van der Waals surface area contributed by atoms with Crippen LogP contribution >= 0.6 is 0 Å². The lowest BCUT2D eigenvalue weighted by molar-refractivity contribution is -0.682. The van der Waals surface area contributed by atoms with Gasteiger partial charge in [-0.1, -0.05) is 0 Å². The van der Waals surface area contributed by atoms with Crippen molar-refractivity contribution in [1.29, 1.82) is 0 Å². The first-order valence-electron chi connectivity index (χ1n) is 6.96. The molecule has 118 valence electrons. The number of aliphatic hydroxyl groups excluding tert-OH is 4. The molecule has 1 aliphatic heterocycles. The quantitative estimate of drug-likeness (QED) is 0.438. The van der Waals surface area contributed by atoms with Gasteiger partial charge in [-0.25, -0.2) is 0 Å². The summed E-state index contributed by atoms with van der Waals surface area (Å²) in [6.45, 7) is 0.142. The van der Waals surface area contributed by atoms with Gasteiger partial charge in [0.1, 0.15) is 30.2 Å². The predicted molar refractivity (Wildman–Crippen MR) is 74.7 cm³/mol. The molecule has 1 aliphatic rings. The van der Waals surface area contributed by atoms with E-state index in [9.17, 15) is 25.5 Å². The summed E-state index contributed by atoms with van der Waals surface area (Å²) in [7, 11) is 0. The minimum Gasteiger partial charge on any atom is -0.508 e. The molecule has 3 rings (SSSR count). The first kappa shape index (κ1) is 15.1. The van der Waals surface area contributed by atoms with Gasteiger partial charge in [0.15, 0.2) is 19.0 Å². The highest BCUT2D eigenvalue weighted by molar-refractivity contribution is 5.76. The van der Waals surface area contributed by atoms with Crippen LogP contribution in [0.2, 0.25) is 0 Å². The molecule has 2 aromatic rings. The fourth-order valence-corrected chi connectivity index (χ4v) is 2.69. The van der Waals surface area contributed by atoms with E-state index >= 15 is 0 Å². The van der Waals surface area contributed by atoms with Crippen molar-refractivity contribution in [3.8, 4) is 5.75 Å². The van der Waals surface area contributed by atoms with E-state index in [1.807, 2.05) is 6.07 Å². The highest BCUT2D eigenvalue weighted by Crippen LogP contribution is 2.21. The zero-order valence-electron chi connectivity index (χ0n) is 11.6. The Morgan fingerprint density at radius 2 is 1.77 bits per heavy atom. The maximum absolute atomic E-state index is 10.0. The van der Waals surface area contributed by atoms with Crippen molar-refractivity contribution in [3.63, 3.8) is 0 Å². The summed E-state index contributed by atoms with van der Waals surface area (Å²) in [6, 6.07) is 8.58. The van der Waals surface area contributed by atoms with Crippen LogP contribution in [-0.2, 0) is 11.3 Å². The number of ether oxygens (including phenoxy) is 1. The molecule has 0 spiro atoms. The number of aromatic nitrogens is 1. The molecule has 7 nitrogen and oxygen atoms in total. The lowest BCUT2D eigenvalue weighted by atomic mass is 9.98. The molecule has 1 aromatic heterocycles. The van der Waals surface area contributed by atoms with Crippen molar-refractivity contribution in [2.24, 2.45) is 0 Å². The molecule has 22 heavy (non-hydrogen) atoms. The Hall–Kier alpha value is -1.77. The number of pyridine rings is 1. The van der Waals surface area contributed by atoms with Crippen molar-refractivity contribution < 1.29 is 34.8 Å². The van der Waals surface area contributed by atoms with Gasteiger partial charge >= 0.3 is 0 Å². The Balaban J connectivity index is 1.91. The first-order chi connectivity index (χ1) is 10.5. The summed E-state index contributed by atoms with van der Waals surface area (Å²) in [5.41, 5.74) is 0.716. The first-order valence-corrected chi connectivity index (χ1v) is 6.96. The van der Waals surface area contributed by atoms with Crippen molar-refractivity contribution in [1.82, 2.24) is 0 Å². The fraction of sp³-hybridized carbons (Fsp3) is 0.400. The molecule has 0 unspecified atom stereocenters. The summed E-state index contributed by atoms with van der Waals surface area (Å²) >= 11 is 0. The van der Waals surface area contributed by atoms with Crippen LogP contribution in [0.4, 0.5) is 0 Å². The number of aliphatic hydroxyl groups is 4. The number of hydrogen-bond donors (Lipinski definition) is 5. The number of nitrogens with zero attached hydrogens (tertiary/aromatic N) is 1. The van der Waals surface area contributed by atoms with Crippen LogP contribution in [0.1, 0.15) is 0 Å². The second-order valence-corrected chi connectivity index (χ2v) is 5.44. The minimum absolute atomic E-state index is 0.105. The molecule has 1 fully saturated rings. The molecule has 2 heterocycles. The number of rotatable bonds is 2. The van der Waals surface area contributed by atoms with Gasteiger partial charge in [0.05, 0.1) is 6.07 Å². The van der Waals surface area contributed by atoms with Gasteiger partial charge < -0.3 is 30.3 Å². The summed E-state index contributed by atoms with van der Waals surface area (Å²) in [4.78, 5) is 0. The molecular weight excluding hydrogens is 290 g/mol. The normalized spacial score (nSPS) is 32.3. The number of aromatic hydroxyl groups is 1. The van der Waals surface area contributed by atoms with E-state index in [-0.39, 0.29) is 12.3 Å². The Bertz CT molecular complexity index is 678. The maximum Gasteiger partial charge on any atom is 0.216 e. The molecule has 5 atom stereocenters. The van der Waals surface area contributed by atoms with Gasteiger partial charge in [0, 0.05) is 11.5 Å². The monoisotopic (exact) mass is 308 g/mol. The summed E-state index contributed by atoms with van der Waals surface area (Å²) in [6.07, 6.45) is -5.09. The van der Waals surface area contributed by atoms with Crippen LogP contribution in [0.5, 0.6) is 5.75 Å². The zero-order valence-corrected chi connectivity index (χ0v) is 11.6. The highest BCUT2D eigenvalue weighted by Gasteiger charge is 2.44. The Morgan fingerprint density at radius 3 is 2.55 bits per heavy atom. The molecule has 7 heteroatoms. The van der Waals surface area contributed by atoms with Crippen molar-refractivity contribution in [2.45, 2.75) is 37.3 Å². The van der Waals surface area contributed by atoms with E-state index in [0.717, 1.165) is 5.39 Å². The van der Waals surface area contributed by atoms with Crippen molar-refractivity contribution in [2.75, 3.05) is 0 Å². The summed E-state index contributed by atoms with van der Waals surface area (Å²) in [5, 5.41) is 49.3. The van der Waals surface area contributed by atoms with Gasteiger partial charge in [0.25, 0.3) is 0 Å². The third kappa shape index (κ3) is 2.65. The maximum atomic E-state index is 10.0. The molecule has 0 aliphatic carbocycles. The van der Waals surface area contributed by atoms with Crippen LogP contribution in [0.25, 0.3) is 10.9 Å². The van der Waals surface area contributed by atoms with Gasteiger partial charge in [-0.15, -0.1) is 0 Å². The van der Waals surface area contributed by atoms with Gasteiger partial charge in [-0.2, -0.15) is 4.57 Å². The minimum atomic E-state index is -1.56. The third-order valence-electron chi connectivity index (χ3n) is 3.93. The summed E-state index contributed by atoms with van der Waals surface area (Å²) < 4.78 is 6.91. The van der Waals surface area contributed by atoms with Crippen LogP contribution in [0.3, 0.4) is 0 Å². The predicted octanol–water partition coefficient (Wildman–Crippen LogP) is -1.37. The molecule has 0 radical (unpaired) electrons. The zero-order chi connectivity index (χ0) is 15.9. The Morgan fingerprint density at radius 1 is 1.00 bits per heavy atom. The third-order valence-corrected chi connectivity index (χ3v) is 3.93. The molecule has 0 amide bonds. The topological polar surface area (TPSA) is 114 Å². The Labute approximate surface area is 126 Å². The number of hydrogen-bond acceptors (Lipinski definition) is 6. The van der Waals surface area contributed by atoms with Crippen LogP contribution < -0.4 is 4.57 Å². The second-order valence-electron chi connectivity index (χ2n) is 5.44.